The Labute approximate surface area is 168 Å². The molecule has 1 aromatic carbocycles. The van der Waals surface area contributed by atoms with Crippen molar-refractivity contribution in [1.82, 2.24) is 9.88 Å². The molecule has 0 spiro atoms. The number of benzene rings is 1. The molecule has 1 aliphatic heterocycles. The van der Waals surface area contributed by atoms with E-state index >= 15 is 0 Å². The van der Waals surface area contributed by atoms with Gasteiger partial charge in [0.1, 0.15) is 11.6 Å². The second kappa shape index (κ2) is 8.29. The molecule has 2 heterocycles. The Kier molecular flexibility index (Phi) is 6.01. The number of pyridine rings is 1. The van der Waals surface area contributed by atoms with Gasteiger partial charge < -0.3 is 16.0 Å². The van der Waals surface area contributed by atoms with Gasteiger partial charge in [0.2, 0.25) is 0 Å². The second-order valence-corrected chi connectivity index (χ2v) is 7.56. The maximum Gasteiger partial charge on any atom is 0.183 e. The fourth-order valence-corrected chi connectivity index (χ4v) is 3.84. The molecule has 0 bridgehead atoms. The van der Waals surface area contributed by atoms with Crippen molar-refractivity contribution in [3.05, 3.63) is 41.0 Å². The van der Waals surface area contributed by atoms with E-state index in [1.807, 2.05) is 6.21 Å². The molecule has 1 aliphatic rings. The Morgan fingerprint density at radius 1 is 1.14 bits per heavy atom. The molecule has 0 fully saturated rings. The van der Waals surface area contributed by atoms with Crippen LogP contribution in [0.1, 0.15) is 43.4 Å². The maximum atomic E-state index is 6.48. The first kappa shape index (κ1) is 20.3. The number of hydrogen-bond acceptors (Lipinski definition) is 6. The van der Waals surface area contributed by atoms with Crippen LogP contribution in [0.25, 0.3) is 11.1 Å². The molecule has 5 N–H and O–H groups in total. The molecule has 0 aliphatic carbocycles. The molecule has 150 valence electrons. The summed E-state index contributed by atoms with van der Waals surface area (Å²) in [5.74, 6) is 0.372. The third-order valence-electron chi connectivity index (χ3n) is 5.53. The van der Waals surface area contributed by atoms with E-state index in [-0.39, 0.29) is 0 Å². The Hall–Kier alpha value is -2.44. The van der Waals surface area contributed by atoms with E-state index in [1.165, 1.54) is 11.1 Å². The van der Waals surface area contributed by atoms with Crippen molar-refractivity contribution in [2.75, 3.05) is 30.7 Å². The fraction of sp³-hybridized carbons (Fsp3) is 0.455. The summed E-state index contributed by atoms with van der Waals surface area (Å²) in [5.41, 5.74) is 18.2. The van der Waals surface area contributed by atoms with E-state index in [4.69, 9.17) is 11.5 Å². The first-order valence-corrected chi connectivity index (χ1v) is 10.1. The number of nitrogens with two attached hydrogens (primary N) is 2. The highest BCUT2D eigenvalue weighted by Gasteiger charge is 2.28. The first-order valence-electron chi connectivity index (χ1n) is 10.1. The first-order chi connectivity index (χ1) is 13.4. The Bertz CT molecular complexity index is 851. The molecule has 0 amide bonds. The zero-order valence-corrected chi connectivity index (χ0v) is 17.4. The van der Waals surface area contributed by atoms with E-state index in [0.29, 0.717) is 11.6 Å². The van der Waals surface area contributed by atoms with E-state index in [9.17, 15) is 0 Å². The van der Waals surface area contributed by atoms with Crippen LogP contribution in [0.3, 0.4) is 0 Å². The largest absolute Gasteiger partial charge is 0.383 e. The molecule has 6 nitrogen and oxygen atoms in total. The fourth-order valence-electron chi connectivity index (χ4n) is 3.84. The van der Waals surface area contributed by atoms with Gasteiger partial charge in [0.15, 0.2) is 5.79 Å². The zero-order chi connectivity index (χ0) is 20.3. The lowest BCUT2D eigenvalue weighted by atomic mass is 9.95. The molecule has 0 saturated carbocycles. The number of fused-ring (bicyclic) bond motifs is 1. The normalized spacial score (nSPS) is 18.2. The number of anilines is 2. The van der Waals surface area contributed by atoms with Crippen molar-refractivity contribution in [3.63, 3.8) is 0 Å². The summed E-state index contributed by atoms with van der Waals surface area (Å²) in [5, 5.41) is 3.30. The number of hydrogen-bond donors (Lipinski definition) is 3. The van der Waals surface area contributed by atoms with Crippen LogP contribution in [0, 0.1) is 13.8 Å². The van der Waals surface area contributed by atoms with E-state index in [1.54, 1.807) is 0 Å². The predicted octanol–water partition coefficient (Wildman–Crippen LogP) is 3.53. The molecular formula is C22H32N6. The summed E-state index contributed by atoms with van der Waals surface area (Å²) in [7, 11) is 0. The van der Waals surface area contributed by atoms with Crippen LogP contribution in [0.4, 0.5) is 11.6 Å². The van der Waals surface area contributed by atoms with Crippen LogP contribution in [-0.2, 0) is 0 Å². The monoisotopic (exact) mass is 380 g/mol. The van der Waals surface area contributed by atoms with Gasteiger partial charge in [-0.25, -0.2) is 4.98 Å². The van der Waals surface area contributed by atoms with Gasteiger partial charge in [-0.1, -0.05) is 32.0 Å². The van der Waals surface area contributed by atoms with Crippen LogP contribution >= 0.6 is 0 Å². The third kappa shape index (κ3) is 4.18. The number of nitrogen functional groups attached to an aromatic ring is 1. The SMILES string of the molecule is CCN(CC)CCCC1(N)N=Cc2cc(-c3c(C)cccc3C)c(N)nc2N1. The van der Waals surface area contributed by atoms with Crippen molar-refractivity contribution < 1.29 is 0 Å². The van der Waals surface area contributed by atoms with Crippen LogP contribution in [0.15, 0.2) is 29.3 Å². The standard InChI is InChI=1S/C22H32N6/c1-5-28(6-2)12-8-11-22(24)25-14-17-13-18(20(23)26-21(17)27-22)19-15(3)9-7-10-16(19)4/h7,9-10,13-14H,5-6,8,11-12,24H2,1-4H3,(H3,23,26,27). The van der Waals surface area contributed by atoms with Gasteiger partial charge in [0, 0.05) is 23.8 Å². The lowest BCUT2D eigenvalue weighted by Crippen LogP contribution is -2.48. The zero-order valence-electron chi connectivity index (χ0n) is 17.4. The van der Waals surface area contributed by atoms with Crippen molar-refractivity contribution >= 4 is 17.9 Å². The quantitative estimate of drug-likeness (QED) is 0.683. The Balaban J connectivity index is 1.82. The molecule has 1 unspecified atom stereocenters. The summed E-state index contributed by atoms with van der Waals surface area (Å²) in [4.78, 5) is 11.6. The summed E-state index contributed by atoms with van der Waals surface area (Å²) in [6.45, 7) is 11.6. The number of aryl methyl sites for hydroxylation is 2. The van der Waals surface area contributed by atoms with Crippen LogP contribution in [0.2, 0.25) is 0 Å². The van der Waals surface area contributed by atoms with E-state index in [0.717, 1.165) is 49.2 Å². The summed E-state index contributed by atoms with van der Waals surface area (Å²) >= 11 is 0. The smallest absolute Gasteiger partial charge is 0.183 e. The van der Waals surface area contributed by atoms with Crippen molar-refractivity contribution in [3.8, 4) is 11.1 Å². The second-order valence-electron chi connectivity index (χ2n) is 7.56. The van der Waals surface area contributed by atoms with E-state index < -0.39 is 5.79 Å². The lowest BCUT2D eigenvalue weighted by Gasteiger charge is -2.32. The number of rotatable bonds is 7. The molecule has 6 heteroatoms. The van der Waals surface area contributed by atoms with Crippen molar-refractivity contribution in [2.24, 2.45) is 10.7 Å². The molecule has 1 aromatic heterocycles. The van der Waals surface area contributed by atoms with Gasteiger partial charge in [-0.3, -0.25) is 10.7 Å². The highest BCUT2D eigenvalue weighted by Crippen LogP contribution is 2.35. The highest BCUT2D eigenvalue weighted by molar-refractivity contribution is 5.93. The Morgan fingerprint density at radius 3 is 2.46 bits per heavy atom. The van der Waals surface area contributed by atoms with E-state index in [2.05, 4.69) is 72.2 Å². The van der Waals surface area contributed by atoms with Gasteiger partial charge in [-0.15, -0.1) is 0 Å². The molecular weight excluding hydrogens is 348 g/mol. The summed E-state index contributed by atoms with van der Waals surface area (Å²) < 4.78 is 0. The van der Waals surface area contributed by atoms with Gasteiger partial charge in [0.25, 0.3) is 0 Å². The topological polar surface area (TPSA) is 92.6 Å². The van der Waals surface area contributed by atoms with Crippen molar-refractivity contribution in [2.45, 2.75) is 46.3 Å². The molecule has 3 rings (SSSR count). The van der Waals surface area contributed by atoms with Crippen LogP contribution < -0.4 is 16.8 Å². The molecule has 28 heavy (non-hydrogen) atoms. The minimum absolute atomic E-state index is 0.504. The predicted molar refractivity (Wildman–Crippen MR) is 119 cm³/mol. The molecule has 0 radical (unpaired) electrons. The number of aromatic nitrogens is 1. The summed E-state index contributed by atoms with van der Waals surface area (Å²) in [6, 6.07) is 8.29. The Morgan fingerprint density at radius 2 is 1.82 bits per heavy atom. The van der Waals surface area contributed by atoms with Gasteiger partial charge in [-0.05, 0) is 62.7 Å². The maximum absolute atomic E-state index is 6.48. The average Bonchev–Trinajstić information content (AvgIpc) is 2.65. The molecule has 0 saturated heterocycles. The van der Waals surface area contributed by atoms with Crippen LogP contribution in [0.5, 0.6) is 0 Å². The minimum atomic E-state index is -0.834. The number of aliphatic imine (C=N–C) groups is 1. The third-order valence-corrected chi connectivity index (χ3v) is 5.53. The van der Waals surface area contributed by atoms with Gasteiger partial charge in [-0.2, -0.15) is 0 Å². The number of nitrogens with zero attached hydrogens (tertiary/aromatic N) is 3. The highest BCUT2D eigenvalue weighted by atomic mass is 15.3. The lowest BCUT2D eigenvalue weighted by molar-refractivity contribution is 0.284. The van der Waals surface area contributed by atoms with Gasteiger partial charge in [0.05, 0.1) is 0 Å². The van der Waals surface area contributed by atoms with Crippen LogP contribution in [-0.4, -0.2) is 41.5 Å². The van der Waals surface area contributed by atoms with Gasteiger partial charge >= 0.3 is 0 Å². The van der Waals surface area contributed by atoms with Crippen molar-refractivity contribution in [1.29, 1.82) is 0 Å². The average molecular weight is 381 g/mol. The molecule has 2 aromatic rings. The number of nitrogens with one attached hydrogen (secondary N) is 1. The molecule has 1 atom stereocenters. The minimum Gasteiger partial charge on any atom is -0.383 e. The summed E-state index contributed by atoms with van der Waals surface area (Å²) in [6.07, 6.45) is 3.53.